The first-order valence-corrected chi connectivity index (χ1v) is 8.33. The summed E-state index contributed by atoms with van der Waals surface area (Å²) in [5, 5.41) is 9.46. The molecule has 2 aromatic carbocycles. The lowest BCUT2D eigenvalue weighted by atomic mass is 9.96. The zero-order valence-corrected chi connectivity index (χ0v) is 15.5. The summed E-state index contributed by atoms with van der Waals surface area (Å²) in [5.74, 6) is -0.116. The zero-order valence-electron chi connectivity index (χ0n) is 13.9. The molecule has 0 bridgehead atoms. The third-order valence-electron chi connectivity index (χ3n) is 3.33. The summed E-state index contributed by atoms with van der Waals surface area (Å²) in [7, 11) is 3.02. The van der Waals surface area contributed by atoms with E-state index in [4.69, 9.17) is 18.9 Å². The van der Waals surface area contributed by atoms with Crippen LogP contribution in [0, 0.1) is 0 Å². The van der Waals surface area contributed by atoms with Gasteiger partial charge in [-0.3, -0.25) is 4.79 Å². The monoisotopic (exact) mass is 410 g/mol. The Labute approximate surface area is 154 Å². The topological polar surface area (TPSA) is 74.2 Å². The van der Waals surface area contributed by atoms with Gasteiger partial charge in [0.25, 0.3) is 0 Å². The standard InChI is InChI=1S/C18H19BrO6/c1-22-10-24-13-8-14(17(19)18(20)21)16(12-6-4-3-5-7-12)15(9-13)25-11-23-2/h3-9,17H,10-11H2,1-2H3,(H,20,21). The molecule has 0 saturated carbocycles. The highest BCUT2D eigenvalue weighted by molar-refractivity contribution is 9.09. The fraction of sp³-hybridized carbons (Fsp3) is 0.278. The molecule has 6 nitrogen and oxygen atoms in total. The van der Waals surface area contributed by atoms with E-state index in [9.17, 15) is 9.90 Å². The van der Waals surface area contributed by atoms with Crippen molar-refractivity contribution in [2.75, 3.05) is 27.8 Å². The quantitative estimate of drug-likeness (QED) is 0.499. The second-order valence-corrected chi connectivity index (χ2v) is 5.97. The Morgan fingerprint density at radius 1 is 1.08 bits per heavy atom. The highest BCUT2D eigenvalue weighted by Gasteiger charge is 2.24. The number of ether oxygens (including phenoxy) is 4. The van der Waals surface area contributed by atoms with Gasteiger partial charge in [-0.2, -0.15) is 0 Å². The zero-order chi connectivity index (χ0) is 18.2. The molecule has 1 N–H and O–H groups in total. The number of rotatable bonds is 9. The van der Waals surface area contributed by atoms with Crippen LogP contribution < -0.4 is 9.47 Å². The van der Waals surface area contributed by atoms with E-state index < -0.39 is 10.8 Å². The van der Waals surface area contributed by atoms with Crippen LogP contribution in [0.25, 0.3) is 11.1 Å². The van der Waals surface area contributed by atoms with Gasteiger partial charge in [0.05, 0.1) is 0 Å². The first-order valence-electron chi connectivity index (χ1n) is 7.42. The van der Waals surface area contributed by atoms with E-state index in [0.717, 1.165) is 5.56 Å². The lowest BCUT2D eigenvalue weighted by Crippen LogP contribution is -2.09. The van der Waals surface area contributed by atoms with Crippen LogP contribution in [0.5, 0.6) is 11.5 Å². The van der Waals surface area contributed by atoms with Crippen molar-refractivity contribution in [3.63, 3.8) is 0 Å². The summed E-state index contributed by atoms with van der Waals surface area (Å²) in [6.07, 6.45) is 0. The third-order valence-corrected chi connectivity index (χ3v) is 4.22. The van der Waals surface area contributed by atoms with Gasteiger partial charge >= 0.3 is 5.97 Å². The van der Waals surface area contributed by atoms with Gasteiger partial charge in [0, 0.05) is 25.8 Å². The number of hydrogen-bond donors (Lipinski definition) is 1. The average molecular weight is 411 g/mol. The lowest BCUT2D eigenvalue weighted by molar-refractivity contribution is -0.136. The van der Waals surface area contributed by atoms with Crippen LogP contribution >= 0.6 is 15.9 Å². The number of carboxylic acid groups (broad SMARTS) is 1. The average Bonchev–Trinajstić information content (AvgIpc) is 2.64. The van der Waals surface area contributed by atoms with Crippen molar-refractivity contribution in [2.45, 2.75) is 4.83 Å². The number of carbonyl (C=O) groups is 1. The summed E-state index contributed by atoms with van der Waals surface area (Å²) in [4.78, 5) is 10.6. The minimum absolute atomic E-state index is 0.0209. The molecule has 25 heavy (non-hydrogen) atoms. The highest BCUT2D eigenvalue weighted by Crippen LogP contribution is 2.42. The van der Waals surface area contributed by atoms with Gasteiger partial charge in [-0.15, -0.1) is 0 Å². The van der Waals surface area contributed by atoms with Crippen molar-refractivity contribution in [2.24, 2.45) is 0 Å². The lowest BCUT2D eigenvalue weighted by Gasteiger charge is -2.19. The second kappa shape index (κ2) is 9.41. The molecule has 7 heteroatoms. The summed E-state index contributed by atoms with van der Waals surface area (Å²) in [5.41, 5.74) is 2.00. The van der Waals surface area contributed by atoms with E-state index in [1.165, 1.54) is 14.2 Å². The molecule has 2 rings (SSSR count). The number of carboxylic acids is 1. The smallest absolute Gasteiger partial charge is 0.321 e. The predicted molar refractivity (Wildman–Crippen MR) is 96.2 cm³/mol. The van der Waals surface area contributed by atoms with Crippen molar-refractivity contribution >= 4 is 21.9 Å². The molecule has 0 saturated heterocycles. The Hall–Kier alpha value is -2.09. The van der Waals surface area contributed by atoms with Crippen LogP contribution in [0.15, 0.2) is 42.5 Å². The predicted octanol–water partition coefficient (Wildman–Crippen LogP) is 3.84. The number of halogens is 1. The van der Waals surface area contributed by atoms with E-state index in [0.29, 0.717) is 22.6 Å². The molecule has 0 aromatic heterocycles. The molecule has 1 unspecified atom stereocenters. The first kappa shape index (κ1) is 19.2. The van der Waals surface area contributed by atoms with E-state index in [-0.39, 0.29) is 13.6 Å². The molecule has 0 aliphatic heterocycles. The van der Waals surface area contributed by atoms with Crippen LogP contribution in [0.3, 0.4) is 0 Å². The maximum Gasteiger partial charge on any atom is 0.321 e. The van der Waals surface area contributed by atoms with Crippen LogP contribution in [-0.4, -0.2) is 38.9 Å². The fourth-order valence-corrected chi connectivity index (χ4v) is 2.67. The highest BCUT2D eigenvalue weighted by atomic mass is 79.9. The van der Waals surface area contributed by atoms with E-state index >= 15 is 0 Å². The maximum atomic E-state index is 11.6. The molecule has 134 valence electrons. The number of methoxy groups -OCH3 is 2. The van der Waals surface area contributed by atoms with Crippen molar-refractivity contribution in [1.82, 2.24) is 0 Å². The molecule has 0 spiro atoms. The van der Waals surface area contributed by atoms with Gasteiger partial charge in [0.1, 0.15) is 16.3 Å². The Balaban J connectivity index is 2.63. The van der Waals surface area contributed by atoms with Crippen LogP contribution in [-0.2, 0) is 14.3 Å². The van der Waals surface area contributed by atoms with Gasteiger partial charge < -0.3 is 24.1 Å². The number of alkyl halides is 1. The van der Waals surface area contributed by atoms with Gasteiger partial charge in [-0.25, -0.2) is 0 Å². The minimum Gasteiger partial charge on any atom is -0.480 e. The fourth-order valence-electron chi connectivity index (χ4n) is 2.30. The van der Waals surface area contributed by atoms with Gasteiger partial charge in [-0.1, -0.05) is 46.3 Å². The molecule has 0 aliphatic rings. The van der Waals surface area contributed by atoms with Crippen molar-refractivity contribution in [3.05, 3.63) is 48.0 Å². The van der Waals surface area contributed by atoms with Crippen molar-refractivity contribution < 1.29 is 28.8 Å². The van der Waals surface area contributed by atoms with Gasteiger partial charge in [0.15, 0.2) is 13.6 Å². The Morgan fingerprint density at radius 3 is 2.32 bits per heavy atom. The van der Waals surface area contributed by atoms with E-state index in [2.05, 4.69) is 15.9 Å². The summed E-state index contributed by atoms with van der Waals surface area (Å²) in [6.45, 7) is 0.0564. The van der Waals surface area contributed by atoms with Gasteiger partial charge in [-0.05, 0) is 17.2 Å². The molecule has 2 aromatic rings. The third kappa shape index (κ3) is 4.94. The maximum absolute atomic E-state index is 11.6. The molecule has 0 fully saturated rings. The Kier molecular flexibility index (Phi) is 7.24. The molecular weight excluding hydrogens is 392 g/mol. The van der Waals surface area contributed by atoms with Crippen molar-refractivity contribution in [1.29, 1.82) is 0 Å². The molecule has 1 atom stereocenters. The van der Waals surface area contributed by atoms with Gasteiger partial charge in [0.2, 0.25) is 0 Å². The first-order chi connectivity index (χ1) is 12.1. The summed E-state index contributed by atoms with van der Waals surface area (Å²) < 4.78 is 21.1. The van der Waals surface area contributed by atoms with E-state index in [1.54, 1.807) is 12.1 Å². The SMILES string of the molecule is COCOc1cc(OCOC)c(-c2ccccc2)c(C(Br)C(=O)O)c1. The molecule has 0 amide bonds. The second-order valence-electron chi connectivity index (χ2n) is 5.05. The molecule has 0 radical (unpaired) electrons. The number of hydrogen-bond acceptors (Lipinski definition) is 5. The summed E-state index contributed by atoms with van der Waals surface area (Å²) >= 11 is 3.23. The normalized spacial score (nSPS) is 11.8. The van der Waals surface area contributed by atoms with Crippen LogP contribution in [0.1, 0.15) is 10.4 Å². The van der Waals surface area contributed by atoms with E-state index in [1.807, 2.05) is 30.3 Å². The Morgan fingerprint density at radius 2 is 1.72 bits per heavy atom. The number of benzene rings is 2. The minimum atomic E-state index is -1.02. The largest absolute Gasteiger partial charge is 0.480 e. The van der Waals surface area contributed by atoms with Crippen molar-refractivity contribution in [3.8, 4) is 22.6 Å². The molecular formula is C18H19BrO6. The summed E-state index contributed by atoms with van der Waals surface area (Å²) in [6, 6.07) is 12.8. The molecule has 0 heterocycles. The number of aliphatic carboxylic acids is 1. The molecule has 0 aliphatic carbocycles. The Bertz CT molecular complexity index is 704. The van der Waals surface area contributed by atoms with Crippen LogP contribution in [0.4, 0.5) is 0 Å². The van der Waals surface area contributed by atoms with Crippen LogP contribution in [0.2, 0.25) is 0 Å².